The van der Waals surface area contributed by atoms with Gasteiger partial charge < -0.3 is 10.5 Å². The Labute approximate surface area is 195 Å². The molecule has 0 saturated heterocycles. The molecule has 2 aromatic carbocycles. The zero-order valence-electron chi connectivity index (χ0n) is 18.6. The normalized spacial score (nSPS) is 15.9. The van der Waals surface area contributed by atoms with Crippen molar-refractivity contribution >= 4 is 34.8 Å². The molecule has 0 fully saturated rings. The van der Waals surface area contributed by atoms with Crippen molar-refractivity contribution in [1.82, 2.24) is 4.57 Å². The van der Waals surface area contributed by atoms with E-state index in [0.29, 0.717) is 9.20 Å². The average Bonchev–Trinajstić information content (AvgIpc) is 3.09. The highest BCUT2D eigenvalue weighted by molar-refractivity contribution is 7.07. The average molecular weight is 458 g/mol. The van der Waals surface area contributed by atoms with E-state index in [-0.39, 0.29) is 29.1 Å². The zero-order chi connectivity index (χ0) is 23.7. The number of hydrogen-bond acceptors (Lipinski definition) is 6. The van der Waals surface area contributed by atoms with Gasteiger partial charge in [0, 0.05) is 0 Å². The Morgan fingerprint density at radius 2 is 1.91 bits per heavy atom. The molecule has 1 atom stereocenters. The SMILES string of the molecule is CCOC(=O)C1=c2sc(=Cc3cccc(C)c3)c(=O)n2C(N)=C(C#N)[C@H]1c1cccc(C)c1. The van der Waals surface area contributed by atoms with Crippen molar-refractivity contribution in [2.24, 2.45) is 5.73 Å². The fourth-order valence-corrected chi connectivity index (χ4v) is 5.21. The number of thiazole rings is 1. The van der Waals surface area contributed by atoms with Gasteiger partial charge in [0.25, 0.3) is 5.56 Å². The monoisotopic (exact) mass is 457 g/mol. The Balaban J connectivity index is 2.10. The predicted molar refractivity (Wildman–Crippen MR) is 130 cm³/mol. The minimum Gasteiger partial charge on any atom is -0.463 e. The van der Waals surface area contributed by atoms with Crippen LogP contribution >= 0.6 is 11.3 Å². The first kappa shape index (κ1) is 22.3. The van der Waals surface area contributed by atoms with Crippen molar-refractivity contribution in [2.75, 3.05) is 6.61 Å². The van der Waals surface area contributed by atoms with Crippen molar-refractivity contribution < 1.29 is 9.53 Å². The van der Waals surface area contributed by atoms with Crippen LogP contribution in [0.5, 0.6) is 0 Å². The Kier molecular flexibility index (Phi) is 6.03. The van der Waals surface area contributed by atoms with Gasteiger partial charge in [-0.2, -0.15) is 5.26 Å². The summed E-state index contributed by atoms with van der Waals surface area (Å²) in [4.78, 5) is 26.5. The molecule has 2 N–H and O–H groups in total. The van der Waals surface area contributed by atoms with E-state index in [9.17, 15) is 14.9 Å². The largest absolute Gasteiger partial charge is 0.463 e. The molecule has 3 aromatic rings. The number of nitriles is 1. The van der Waals surface area contributed by atoms with Crippen molar-refractivity contribution in [3.8, 4) is 6.07 Å². The molecule has 0 bridgehead atoms. The number of hydrogen-bond donors (Lipinski definition) is 1. The first-order chi connectivity index (χ1) is 15.8. The molecule has 6 nitrogen and oxygen atoms in total. The Hall–Kier alpha value is -3.89. The quantitative estimate of drug-likeness (QED) is 0.607. The number of ether oxygens (including phenoxy) is 1. The summed E-state index contributed by atoms with van der Waals surface area (Å²) >= 11 is 1.18. The summed E-state index contributed by atoms with van der Waals surface area (Å²) < 4.78 is 7.44. The molecule has 33 heavy (non-hydrogen) atoms. The molecule has 1 aliphatic rings. The molecule has 2 heterocycles. The Bertz CT molecular complexity index is 1520. The molecule has 1 aromatic heterocycles. The number of nitrogens with two attached hydrogens (primary N) is 1. The highest BCUT2D eigenvalue weighted by Crippen LogP contribution is 2.36. The Morgan fingerprint density at radius 3 is 2.55 bits per heavy atom. The number of aryl methyl sites for hydroxylation is 2. The maximum Gasteiger partial charge on any atom is 0.338 e. The predicted octanol–water partition coefficient (Wildman–Crippen LogP) is 2.52. The van der Waals surface area contributed by atoms with Crippen molar-refractivity contribution in [3.63, 3.8) is 0 Å². The smallest absolute Gasteiger partial charge is 0.338 e. The first-order valence-electron chi connectivity index (χ1n) is 10.5. The van der Waals surface area contributed by atoms with E-state index in [1.807, 2.05) is 62.4 Å². The van der Waals surface area contributed by atoms with Crippen LogP contribution in [0.1, 0.15) is 35.1 Å². The van der Waals surface area contributed by atoms with Gasteiger partial charge in [0.05, 0.1) is 34.3 Å². The second kappa shape index (κ2) is 8.93. The molecule has 7 heteroatoms. The van der Waals surface area contributed by atoms with Crippen LogP contribution in [0.15, 0.2) is 58.9 Å². The van der Waals surface area contributed by atoms with Crippen LogP contribution < -0.4 is 20.5 Å². The third kappa shape index (κ3) is 4.01. The molecule has 0 unspecified atom stereocenters. The molecule has 0 saturated carbocycles. The van der Waals surface area contributed by atoms with Crippen LogP contribution in [0.2, 0.25) is 0 Å². The van der Waals surface area contributed by atoms with Gasteiger partial charge in [-0.05, 0) is 38.0 Å². The standard InChI is InChI=1S/C26H23N3O3S/c1-4-32-26(31)22-21(18-10-6-8-16(3)12-18)19(14-27)23(28)29-24(30)20(33-25(22)29)13-17-9-5-7-15(2)11-17/h5-13,21H,4,28H2,1-3H3/t21-/m1/s1. The van der Waals surface area contributed by atoms with Crippen molar-refractivity contribution in [1.29, 1.82) is 5.26 Å². The maximum atomic E-state index is 13.4. The van der Waals surface area contributed by atoms with Gasteiger partial charge >= 0.3 is 5.97 Å². The molecular weight excluding hydrogens is 434 g/mol. The Morgan fingerprint density at radius 1 is 1.21 bits per heavy atom. The fraction of sp³-hybridized carbons (Fsp3) is 0.192. The summed E-state index contributed by atoms with van der Waals surface area (Å²) in [5.74, 6) is -1.25. The van der Waals surface area contributed by atoms with E-state index in [4.69, 9.17) is 10.5 Å². The third-order valence-electron chi connectivity index (χ3n) is 5.48. The van der Waals surface area contributed by atoms with E-state index >= 15 is 0 Å². The number of carbonyl (C=O) groups excluding carboxylic acids is 1. The van der Waals surface area contributed by atoms with E-state index < -0.39 is 11.9 Å². The van der Waals surface area contributed by atoms with Gasteiger partial charge in [-0.25, -0.2) is 4.79 Å². The number of esters is 1. The highest BCUT2D eigenvalue weighted by atomic mass is 32.1. The summed E-state index contributed by atoms with van der Waals surface area (Å²) in [6.07, 6.45) is 1.77. The lowest BCUT2D eigenvalue weighted by Gasteiger charge is -2.25. The molecule has 0 radical (unpaired) electrons. The van der Waals surface area contributed by atoms with E-state index in [2.05, 4.69) is 6.07 Å². The van der Waals surface area contributed by atoms with Gasteiger partial charge in [0.1, 0.15) is 10.5 Å². The lowest BCUT2D eigenvalue weighted by Crippen LogP contribution is -2.40. The van der Waals surface area contributed by atoms with Crippen LogP contribution in [0.3, 0.4) is 0 Å². The number of allylic oxidation sites excluding steroid dienone is 1. The van der Waals surface area contributed by atoms with Crippen molar-refractivity contribution in [2.45, 2.75) is 26.7 Å². The van der Waals surface area contributed by atoms with Crippen LogP contribution in [0.4, 0.5) is 0 Å². The molecular formula is C26H23N3O3S. The van der Waals surface area contributed by atoms with Gasteiger partial charge in [-0.3, -0.25) is 9.36 Å². The van der Waals surface area contributed by atoms with E-state index in [1.165, 1.54) is 15.9 Å². The lowest BCUT2D eigenvalue weighted by atomic mass is 9.83. The molecule has 1 aliphatic heterocycles. The van der Waals surface area contributed by atoms with Crippen LogP contribution in [0, 0.1) is 25.2 Å². The van der Waals surface area contributed by atoms with Crippen LogP contribution in [-0.2, 0) is 9.53 Å². The van der Waals surface area contributed by atoms with E-state index in [0.717, 1.165) is 22.3 Å². The first-order valence-corrected chi connectivity index (χ1v) is 11.4. The van der Waals surface area contributed by atoms with Gasteiger partial charge in [-0.1, -0.05) is 59.7 Å². The summed E-state index contributed by atoms with van der Waals surface area (Å²) in [5.41, 5.74) is 10.1. The molecule has 4 rings (SSSR count). The zero-order valence-corrected chi connectivity index (χ0v) is 19.4. The molecule has 0 amide bonds. The summed E-state index contributed by atoms with van der Waals surface area (Å²) in [6, 6.07) is 17.5. The molecule has 166 valence electrons. The van der Waals surface area contributed by atoms with Gasteiger partial charge in [0.2, 0.25) is 0 Å². The summed E-state index contributed by atoms with van der Waals surface area (Å²) in [6.45, 7) is 5.80. The van der Waals surface area contributed by atoms with Gasteiger partial charge in [0.15, 0.2) is 0 Å². The number of benzene rings is 2. The van der Waals surface area contributed by atoms with Crippen LogP contribution in [0.25, 0.3) is 17.5 Å². The number of fused-ring (bicyclic) bond motifs is 1. The van der Waals surface area contributed by atoms with Crippen LogP contribution in [-0.4, -0.2) is 17.1 Å². The highest BCUT2D eigenvalue weighted by Gasteiger charge is 2.36. The topological polar surface area (TPSA) is 98.1 Å². The number of carbonyl (C=O) groups is 1. The molecule has 0 spiro atoms. The third-order valence-corrected chi connectivity index (χ3v) is 6.59. The van der Waals surface area contributed by atoms with Gasteiger partial charge in [-0.15, -0.1) is 11.3 Å². The lowest BCUT2D eigenvalue weighted by molar-refractivity contribution is -0.136. The second-order valence-corrected chi connectivity index (χ2v) is 8.89. The number of rotatable bonds is 4. The summed E-state index contributed by atoms with van der Waals surface area (Å²) in [7, 11) is 0. The fourth-order valence-electron chi connectivity index (χ4n) is 4.05. The summed E-state index contributed by atoms with van der Waals surface area (Å²) in [5, 5.41) is 10.0. The maximum absolute atomic E-state index is 13.4. The minimum atomic E-state index is -0.723. The second-order valence-electron chi connectivity index (χ2n) is 7.86. The minimum absolute atomic E-state index is 0.0391. The number of aromatic nitrogens is 1. The number of nitrogens with zero attached hydrogens (tertiary/aromatic N) is 2. The van der Waals surface area contributed by atoms with E-state index in [1.54, 1.807) is 13.0 Å². The van der Waals surface area contributed by atoms with Crippen molar-refractivity contribution in [3.05, 3.63) is 95.9 Å². The molecule has 0 aliphatic carbocycles.